The number of ether oxygens (including phenoxy) is 1. The van der Waals surface area contributed by atoms with Gasteiger partial charge in [-0.1, -0.05) is 32.6 Å². The first-order valence-electron chi connectivity index (χ1n) is 7.43. The summed E-state index contributed by atoms with van der Waals surface area (Å²) in [6, 6.07) is 0. The SMILES string of the molecule is CCC(=O)N(C)CCCCCCCCOC(C)C. The summed E-state index contributed by atoms with van der Waals surface area (Å²) in [6.45, 7) is 7.87. The Morgan fingerprint density at radius 3 is 2.17 bits per heavy atom. The smallest absolute Gasteiger partial charge is 0.222 e. The van der Waals surface area contributed by atoms with Crippen LogP contribution < -0.4 is 0 Å². The van der Waals surface area contributed by atoms with Crippen LogP contribution in [0.15, 0.2) is 0 Å². The molecule has 0 aromatic carbocycles. The Balaban J connectivity index is 3.19. The van der Waals surface area contributed by atoms with Crippen molar-refractivity contribution in [3.05, 3.63) is 0 Å². The van der Waals surface area contributed by atoms with E-state index in [0.29, 0.717) is 12.5 Å². The molecular weight excluding hydrogens is 226 g/mol. The number of carbonyl (C=O) groups excluding carboxylic acids is 1. The maximum absolute atomic E-state index is 11.3. The van der Waals surface area contributed by atoms with Crippen molar-refractivity contribution in [3.63, 3.8) is 0 Å². The van der Waals surface area contributed by atoms with Crippen molar-refractivity contribution < 1.29 is 9.53 Å². The van der Waals surface area contributed by atoms with Gasteiger partial charge < -0.3 is 9.64 Å². The maximum Gasteiger partial charge on any atom is 0.222 e. The minimum absolute atomic E-state index is 0.251. The zero-order valence-electron chi connectivity index (χ0n) is 12.7. The Kier molecular flexibility index (Phi) is 11.2. The molecule has 3 nitrogen and oxygen atoms in total. The first-order valence-corrected chi connectivity index (χ1v) is 7.43. The molecule has 0 saturated heterocycles. The van der Waals surface area contributed by atoms with Crippen molar-refractivity contribution in [2.45, 2.75) is 71.8 Å². The van der Waals surface area contributed by atoms with E-state index >= 15 is 0 Å². The van der Waals surface area contributed by atoms with Crippen LogP contribution in [-0.2, 0) is 9.53 Å². The number of carbonyl (C=O) groups is 1. The zero-order chi connectivity index (χ0) is 13.8. The van der Waals surface area contributed by atoms with Crippen molar-refractivity contribution >= 4 is 5.91 Å². The van der Waals surface area contributed by atoms with Crippen LogP contribution in [0.3, 0.4) is 0 Å². The van der Waals surface area contributed by atoms with E-state index in [2.05, 4.69) is 13.8 Å². The number of nitrogens with zero attached hydrogens (tertiary/aromatic N) is 1. The van der Waals surface area contributed by atoms with Crippen molar-refractivity contribution in [1.29, 1.82) is 0 Å². The summed E-state index contributed by atoms with van der Waals surface area (Å²) in [5, 5.41) is 0. The molecule has 0 fully saturated rings. The highest BCUT2D eigenvalue weighted by atomic mass is 16.5. The molecule has 0 aliphatic carbocycles. The molecule has 0 heterocycles. The van der Waals surface area contributed by atoms with Gasteiger partial charge in [-0.05, 0) is 26.7 Å². The van der Waals surface area contributed by atoms with Gasteiger partial charge in [-0.15, -0.1) is 0 Å². The molecule has 18 heavy (non-hydrogen) atoms. The normalized spacial score (nSPS) is 10.9. The molecular formula is C15H31NO2. The van der Waals surface area contributed by atoms with E-state index in [0.717, 1.165) is 19.6 Å². The lowest BCUT2D eigenvalue weighted by Gasteiger charge is -2.15. The highest BCUT2D eigenvalue weighted by molar-refractivity contribution is 5.75. The molecule has 0 aromatic rings. The molecule has 0 aromatic heterocycles. The van der Waals surface area contributed by atoms with Crippen molar-refractivity contribution in [2.75, 3.05) is 20.2 Å². The lowest BCUT2D eigenvalue weighted by molar-refractivity contribution is -0.129. The van der Waals surface area contributed by atoms with Crippen molar-refractivity contribution in [3.8, 4) is 0 Å². The Labute approximate surface area is 113 Å². The van der Waals surface area contributed by atoms with Gasteiger partial charge in [-0.2, -0.15) is 0 Å². The fourth-order valence-corrected chi connectivity index (χ4v) is 1.87. The van der Waals surface area contributed by atoms with E-state index in [4.69, 9.17) is 4.74 Å². The summed E-state index contributed by atoms with van der Waals surface area (Å²) in [6.07, 6.45) is 8.33. The van der Waals surface area contributed by atoms with Gasteiger partial charge in [0, 0.05) is 26.6 Å². The van der Waals surface area contributed by atoms with Crippen LogP contribution in [0.1, 0.15) is 65.7 Å². The third-order valence-corrected chi connectivity index (χ3v) is 3.07. The van der Waals surface area contributed by atoms with Crippen LogP contribution in [0, 0.1) is 0 Å². The second kappa shape index (κ2) is 11.5. The van der Waals surface area contributed by atoms with Crippen LogP contribution in [0.4, 0.5) is 0 Å². The van der Waals surface area contributed by atoms with Gasteiger partial charge in [0.15, 0.2) is 0 Å². The molecule has 108 valence electrons. The van der Waals surface area contributed by atoms with Gasteiger partial charge in [0.25, 0.3) is 0 Å². The lowest BCUT2D eigenvalue weighted by atomic mass is 10.1. The Morgan fingerprint density at radius 1 is 1.06 bits per heavy atom. The molecule has 0 atom stereocenters. The largest absolute Gasteiger partial charge is 0.379 e. The van der Waals surface area contributed by atoms with E-state index in [1.165, 1.54) is 32.1 Å². The van der Waals surface area contributed by atoms with Crippen LogP contribution in [0.5, 0.6) is 0 Å². The third-order valence-electron chi connectivity index (χ3n) is 3.07. The molecule has 0 aliphatic heterocycles. The van der Waals surface area contributed by atoms with Gasteiger partial charge in [-0.3, -0.25) is 4.79 Å². The molecule has 0 radical (unpaired) electrons. The Morgan fingerprint density at radius 2 is 1.61 bits per heavy atom. The summed E-state index contributed by atoms with van der Waals surface area (Å²) >= 11 is 0. The molecule has 0 saturated carbocycles. The Bertz CT molecular complexity index is 205. The van der Waals surface area contributed by atoms with Gasteiger partial charge in [0.05, 0.1) is 6.10 Å². The minimum atomic E-state index is 0.251. The fourth-order valence-electron chi connectivity index (χ4n) is 1.87. The van der Waals surface area contributed by atoms with Crippen LogP contribution in [0.25, 0.3) is 0 Å². The summed E-state index contributed by atoms with van der Waals surface area (Å²) < 4.78 is 5.50. The predicted molar refractivity (Wildman–Crippen MR) is 76.7 cm³/mol. The van der Waals surface area contributed by atoms with Gasteiger partial charge in [0.1, 0.15) is 0 Å². The first kappa shape index (κ1) is 17.4. The number of rotatable bonds is 11. The van der Waals surface area contributed by atoms with Gasteiger partial charge >= 0.3 is 0 Å². The number of amides is 1. The molecule has 1 amide bonds. The summed E-state index contributed by atoms with van der Waals surface area (Å²) in [5.74, 6) is 0.251. The van der Waals surface area contributed by atoms with E-state index < -0.39 is 0 Å². The van der Waals surface area contributed by atoms with Gasteiger partial charge in [0.2, 0.25) is 5.91 Å². The van der Waals surface area contributed by atoms with Gasteiger partial charge in [-0.25, -0.2) is 0 Å². The van der Waals surface area contributed by atoms with Crippen LogP contribution >= 0.6 is 0 Å². The van der Waals surface area contributed by atoms with E-state index in [-0.39, 0.29) is 5.91 Å². The number of hydrogen-bond donors (Lipinski definition) is 0. The number of unbranched alkanes of at least 4 members (excludes halogenated alkanes) is 5. The third kappa shape index (κ3) is 10.6. The van der Waals surface area contributed by atoms with E-state index in [1.54, 1.807) is 0 Å². The molecule has 0 rings (SSSR count). The number of hydrogen-bond acceptors (Lipinski definition) is 2. The summed E-state index contributed by atoms with van der Waals surface area (Å²) in [5.41, 5.74) is 0. The average molecular weight is 257 g/mol. The molecule has 0 N–H and O–H groups in total. The molecule has 0 bridgehead atoms. The summed E-state index contributed by atoms with van der Waals surface area (Å²) in [4.78, 5) is 13.2. The molecule has 0 unspecified atom stereocenters. The van der Waals surface area contributed by atoms with E-state index in [1.807, 2.05) is 18.9 Å². The fraction of sp³-hybridized carbons (Fsp3) is 0.933. The van der Waals surface area contributed by atoms with Crippen molar-refractivity contribution in [1.82, 2.24) is 4.90 Å². The molecule has 0 spiro atoms. The predicted octanol–water partition coefficient (Wildman–Crippen LogP) is 3.62. The monoisotopic (exact) mass is 257 g/mol. The average Bonchev–Trinajstić information content (AvgIpc) is 2.35. The quantitative estimate of drug-likeness (QED) is 0.529. The highest BCUT2D eigenvalue weighted by Crippen LogP contribution is 2.07. The molecule has 0 aliphatic rings. The first-order chi connectivity index (χ1) is 8.57. The topological polar surface area (TPSA) is 29.5 Å². The van der Waals surface area contributed by atoms with Crippen molar-refractivity contribution in [2.24, 2.45) is 0 Å². The van der Waals surface area contributed by atoms with Crippen LogP contribution in [-0.4, -0.2) is 37.1 Å². The molecule has 3 heteroatoms. The second-order valence-electron chi connectivity index (χ2n) is 5.21. The minimum Gasteiger partial charge on any atom is -0.379 e. The lowest BCUT2D eigenvalue weighted by Crippen LogP contribution is -2.26. The zero-order valence-corrected chi connectivity index (χ0v) is 12.7. The maximum atomic E-state index is 11.3. The standard InChI is InChI=1S/C15H31NO2/c1-5-15(17)16(4)12-10-8-6-7-9-11-13-18-14(2)3/h14H,5-13H2,1-4H3. The van der Waals surface area contributed by atoms with Crippen LogP contribution in [0.2, 0.25) is 0 Å². The van der Waals surface area contributed by atoms with E-state index in [9.17, 15) is 4.79 Å². The highest BCUT2D eigenvalue weighted by Gasteiger charge is 2.04. The Hall–Kier alpha value is -0.570. The second-order valence-corrected chi connectivity index (χ2v) is 5.21. The summed E-state index contributed by atoms with van der Waals surface area (Å²) in [7, 11) is 1.90.